The molecule has 8 heteroatoms. The van der Waals surface area contributed by atoms with Crippen molar-refractivity contribution in [2.24, 2.45) is 0 Å². The third kappa shape index (κ3) is 4.98. The van der Waals surface area contributed by atoms with Gasteiger partial charge in [0.2, 0.25) is 10.0 Å². The first kappa shape index (κ1) is 16.1. The van der Waals surface area contributed by atoms with Gasteiger partial charge in [-0.15, -0.1) is 0 Å². The Morgan fingerprint density at radius 2 is 1.80 bits per heavy atom. The highest BCUT2D eigenvalue weighted by Crippen LogP contribution is 2.07. The van der Waals surface area contributed by atoms with E-state index in [-0.39, 0.29) is 5.56 Å². The van der Waals surface area contributed by atoms with Crippen molar-refractivity contribution in [3.8, 4) is 0 Å². The van der Waals surface area contributed by atoms with Crippen molar-refractivity contribution < 1.29 is 27.9 Å². The van der Waals surface area contributed by atoms with E-state index in [9.17, 15) is 18.0 Å². The fourth-order valence-corrected chi connectivity index (χ4v) is 2.21. The summed E-state index contributed by atoms with van der Waals surface area (Å²) in [5.74, 6) is -2.15. The zero-order valence-electron chi connectivity index (χ0n) is 10.9. The van der Waals surface area contributed by atoms with E-state index in [1.54, 1.807) is 18.2 Å². The Bertz CT molecular complexity index is 583. The van der Waals surface area contributed by atoms with Crippen LogP contribution in [0.15, 0.2) is 30.3 Å². The average molecular weight is 301 g/mol. The van der Waals surface area contributed by atoms with Crippen molar-refractivity contribution in [2.75, 3.05) is 6.26 Å². The van der Waals surface area contributed by atoms with Crippen LogP contribution < -0.4 is 4.72 Å². The maximum absolute atomic E-state index is 11.8. The molecular formula is C12H15NO6S. The highest BCUT2D eigenvalue weighted by atomic mass is 32.2. The number of carboxylic acids is 1. The second kappa shape index (κ2) is 6.49. The maximum atomic E-state index is 11.8. The van der Waals surface area contributed by atoms with Crippen LogP contribution in [0.25, 0.3) is 0 Å². The standard InChI is InChI=1S/C12H15NO6S/c1-8(10(11(14)15)13-20(2,17)18)19-12(16)9-6-4-3-5-7-9/h3-8,10,13H,1-2H3,(H,14,15)/t8-,10-/m0/s1. The first-order valence-corrected chi connectivity index (χ1v) is 7.56. The molecule has 1 rings (SSSR count). The van der Waals surface area contributed by atoms with Crippen LogP contribution in [0.5, 0.6) is 0 Å². The molecule has 0 radical (unpaired) electrons. The molecule has 110 valence electrons. The number of rotatable bonds is 6. The molecule has 20 heavy (non-hydrogen) atoms. The van der Waals surface area contributed by atoms with Crippen LogP contribution in [0.2, 0.25) is 0 Å². The number of aliphatic carboxylic acids is 1. The van der Waals surface area contributed by atoms with E-state index in [2.05, 4.69) is 0 Å². The van der Waals surface area contributed by atoms with Gasteiger partial charge in [0, 0.05) is 0 Å². The number of carbonyl (C=O) groups excluding carboxylic acids is 1. The minimum Gasteiger partial charge on any atom is -0.480 e. The zero-order valence-corrected chi connectivity index (χ0v) is 11.8. The molecule has 0 amide bonds. The van der Waals surface area contributed by atoms with Crippen LogP contribution in [-0.4, -0.2) is 43.9 Å². The van der Waals surface area contributed by atoms with Crippen LogP contribution in [0.3, 0.4) is 0 Å². The van der Waals surface area contributed by atoms with Crippen LogP contribution in [0.4, 0.5) is 0 Å². The van der Waals surface area contributed by atoms with Crippen LogP contribution in [0, 0.1) is 0 Å². The molecule has 1 aromatic rings. The van der Waals surface area contributed by atoms with E-state index in [0.717, 1.165) is 6.26 Å². The monoisotopic (exact) mass is 301 g/mol. The fourth-order valence-electron chi connectivity index (χ4n) is 1.46. The number of nitrogens with one attached hydrogen (secondary N) is 1. The highest BCUT2D eigenvalue weighted by molar-refractivity contribution is 7.88. The van der Waals surface area contributed by atoms with Gasteiger partial charge < -0.3 is 9.84 Å². The first-order valence-electron chi connectivity index (χ1n) is 5.67. The molecule has 0 aliphatic heterocycles. The topological polar surface area (TPSA) is 110 Å². The SMILES string of the molecule is C[C@H](OC(=O)c1ccccc1)[C@H](NS(C)(=O)=O)C(=O)O. The Labute approximate surface area is 116 Å². The Morgan fingerprint density at radius 3 is 2.25 bits per heavy atom. The smallest absolute Gasteiger partial charge is 0.338 e. The summed E-state index contributed by atoms with van der Waals surface area (Å²) in [6, 6.07) is 6.45. The molecule has 0 aromatic heterocycles. The van der Waals surface area contributed by atoms with Crippen LogP contribution in [-0.2, 0) is 19.6 Å². The molecule has 1 aromatic carbocycles. The molecule has 0 aliphatic rings. The third-order valence-electron chi connectivity index (χ3n) is 2.38. The van der Waals surface area contributed by atoms with Crippen LogP contribution >= 0.6 is 0 Å². The van der Waals surface area contributed by atoms with E-state index in [1.807, 2.05) is 4.72 Å². The summed E-state index contributed by atoms with van der Waals surface area (Å²) in [5, 5.41) is 8.97. The number of carboxylic acid groups (broad SMARTS) is 1. The summed E-state index contributed by atoms with van der Waals surface area (Å²) in [5.41, 5.74) is 0.253. The number of sulfonamides is 1. The number of esters is 1. The predicted molar refractivity (Wildman–Crippen MR) is 70.7 cm³/mol. The van der Waals surface area contributed by atoms with Crippen molar-refractivity contribution >= 4 is 22.0 Å². The van der Waals surface area contributed by atoms with Gasteiger partial charge in [-0.25, -0.2) is 13.2 Å². The Balaban J connectivity index is 2.79. The van der Waals surface area contributed by atoms with Gasteiger partial charge in [0.15, 0.2) is 6.04 Å². The summed E-state index contributed by atoms with van der Waals surface area (Å²) < 4.78 is 29.0. The number of hydrogen-bond acceptors (Lipinski definition) is 5. The third-order valence-corrected chi connectivity index (χ3v) is 3.06. The summed E-state index contributed by atoms with van der Waals surface area (Å²) >= 11 is 0. The molecule has 0 bridgehead atoms. The van der Waals surface area contributed by atoms with Gasteiger partial charge in [-0.2, -0.15) is 4.72 Å². The minimum atomic E-state index is -3.74. The van der Waals surface area contributed by atoms with E-state index >= 15 is 0 Å². The van der Waals surface area contributed by atoms with Gasteiger partial charge >= 0.3 is 11.9 Å². The lowest BCUT2D eigenvalue weighted by Crippen LogP contribution is -2.48. The average Bonchev–Trinajstić information content (AvgIpc) is 2.35. The Kier molecular flexibility index (Phi) is 5.23. The van der Waals surface area contributed by atoms with E-state index in [4.69, 9.17) is 9.84 Å². The summed E-state index contributed by atoms with van der Waals surface area (Å²) in [6.45, 7) is 1.30. The van der Waals surface area contributed by atoms with Gasteiger partial charge in [0.05, 0.1) is 11.8 Å². The molecule has 0 unspecified atom stereocenters. The zero-order chi connectivity index (χ0) is 15.3. The van der Waals surface area contributed by atoms with Crippen LogP contribution in [0.1, 0.15) is 17.3 Å². The predicted octanol–water partition coefficient (Wildman–Crippen LogP) is 0.234. The van der Waals surface area contributed by atoms with Crippen molar-refractivity contribution in [3.63, 3.8) is 0 Å². The molecule has 2 N–H and O–H groups in total. The van der Waals surface area contributed by atoms with E-state index < -0.39 is 34.1 Å². The molecule has 2 atom stereocenters. The van der Waals surface area contributed by atoms with Gasteiger partial charge in [0.25, 0.3) is 0 Å². The van der Waals surface area contributed by atoms with Crippen molar-refractivity contribution in [1.29, 1.82) is 0 Å². The quantitative estimate of drug-likeness (QED) is 0.728. The summed E-state index contributed by atoms with van der Waals surface area (Å²) in [6.07, 6.45) is -0.329. The molecule has 0 fully saturated rings. The van der Waals surface area contributed by atoms with Crippen molar-refractivity contribution in [1.82, 2.24) is 4.72 Å². The van der Waals surface area contributed by atoms with Gasteiger partial charge in [-0.05, 0) is 19.1 Å². The summed E-state index contributed by atoms with van der Waals surface area (Å²) in [4.78, 5) is 22.8. The molecule has 0 saturated heterocycles. The lowest BCUT2D eigenvalue weighted by molar-refractivity contribution is -0.141. The molecular weight excluding hydrogens is 286 g/mol. The maximum Gasteiger partial charge on any atom is 0.338 e. The van der Waals surface area contributed by atoms with Gasteiger partial charge in [-0.1, -0.05) is 18.2 Å². The second-order valence-corrected chi connectivity index (χ2v) is 5.96. The highest BCUT2D eigenvalue weighted by Gasteiger charge is 2.30. The van der Waals surface area contributed by atoms with Gasteiger partial charge in [0.1, 0.15) is 6.10 Å². The van der Waals surface area contributed by atoms with E-state index in [1.165, 1.54) is 19.1 Å². The summed E-state index contributed by atoms with van der Waals surface area (Å²) in [7, 11) is -3.74. The largest absolute Gasteiger partial charge is 0.480 e. The first-order chi connectivity index (χ1) is 9.20. The fraction of sp³-hybridized carbons (Fsp3) is 0.333. The number of ether oxygens (including phenoxy) is 1. The van der Waals surface area contributed by atoms with Crippen molar-refractivity contribution in [2.45, 2.75) is 19.1 Å². The number of benzene rings is 1. The Morgan fingerprint density at radius 1 is 1.25 bits per heavy atom. The lowest BCUT2D eigenvalue weighted by atomic mass is 10.2. The van der Waals surface area contributed by atoms with Gasteiger partial charge in [-0.3, -0.25) is 4.79 Å². The number of hydrogen-bond donors (Lipinski definition) is 2. The second-order valence-electron chi connectivity index (χ2n) is 4.18. The lowest BCUT2D eigenvalue weighted by Gasteiger charge is -2.20. The van der Waals surface area contributed by atoms with E-state index in [0.29, 0.717) is 0 Å². The minimum absolute atomic E-state index is 0.253. The molecule has 0 aliphatic carbocycles. The Hall–Kier alpha value is -1.93. The molecule has 7 nitrogen and oxygen atoms in total. The number of carbonyl (C=O) groups is 2. The normalized spacial score (nSPS) is 14.3. The van der Waals surface area contributed by atoms with Crippen molar-refractivity contribution in [3.05, 3.63) is 35.9 Å². The molecule has 0 heterocycles. The molecule has 0 saturated carbocycles. The molecule has 0 spiro atoms.